The fourth-order valence-corrected chi connectivity index (χ4v) is 2.36. The number of hydrogen-bond donors (Lipinski definition) is 1. The molecule has 0 spiro atoms. The predicted octanol–water partition coefficient (Wildman–Crippen LogP) is 2.45. The Hall–Kier alpha value is -3.02. The molecule has 0 radical (unpaired) electrons. The van der Waals surface area contributed by atoms with E-state index in [1.165, 1.54) is 0 Å². The van der Waals surface area contributed by atoms with Crippen molar-refractivity contribution in [3.05, 3.63) is 53.6 Å². The lowest BCUT2D eigenvalue weighted by molar-refractivity contribution is -0.146. The highest BCUT2D eigenvalue weighted by atomic mass is 16.7. The van der Waals surface area contributed by atoms with Gasteiger partial charge in [0.25, 0.3) is 5.91 Å². The second-order valence-electron chi connectivity index (χ2n) is 5.44. The van der Waals surface area contributed by atoms with Gasteiger partial charge in [0.05, 0.1) is 6.42 Å². The van der Waals surface area contributed by atoms with Crippen LogP contribution in [0.15, 0.2) is 42.5 Å². The maximum absolute atomic E-state index is 11.9. The molecule has 0 bridgehead atoms. The van der Waals surface area contributed by atoms with Crippen LogP contribution in [0.4, 0.5) is 5.69 Å². The van der Waals surface area contributed by atoms with Crippen molar-refractivity contribution in [1.29, 1.82) is 0 Å². The fraction of sp³-hybridized carbons (Fsp3) is 0.222. The zero-order valence-corrected chi connectivity index (χ0v) is 13.2. The van der Waals surface area contributed by atoms with E-state index in [1.807, 2.05) is 31.2 Å². The van der Waals surface area contributed by atoms with E-state index < -0.39 is 11.9 Å². The molecule has 1 N–H and O–H groups in total. The largest absolute Gasteiger partial charge is 0.455 e. The molecule has 0 aromatic heterocycles. The molecule has 0 saturated heterocycles. The van der Waals surface area contributed by atoms with Gasteiger partial charge in [-0.1, -0.05) is 29.8 Å². The molecule has 6 nitrogen and oxygen atoms in total. The van der Waals surface area contributed by atoms with Crippen LogP contribution < -0.4 is 14.8 Å². The Morgan fingerprint density at radius 1 is 1.12 bits per heavy atom. The summed E-state index contributed by atoms with van der Waals surface area (Å²) in [7, 11) is 0. The lowest BCUT2D eigenvalue weighted by Gasteiger charge is -2.07. The molecule has 0 fully saturated rings. The SMILES string of the molecule is Cc1cccc(CC(=O)OCC(=O)Nc2ccc3c(c2)OCO3)c1. The molecular weight excluding hydrogens is 310 g/mol. The normalized spacial score (nSPS) is 11.9. The minimum absolute atomic E-state index is 0.138. The van der Waals surface area contributed by atoms with Gasteiger partial charge in [-0.25, -0.2) is 0 Å². The fourth-order valence-electron chi connectivity index (χ4n) is 2.36. The molecule has 0 atom stereocenters. The topological polar surface area (TPSA) is 73.9 Å². The van der Waals surface area contributed by atoms with Crippen LogP contribution in [0.2, 0.25) is 0 Å². The molecule has 2 aromatic rings. The minimum Gasteiger partial charge on any atom is -0.455 e. The van der Waals surface area contributed by atoms with Gasteiger partial charge in [-0.3, -0.25) is 9.59 Å². The van der Waals surface area contributed by atoms with Crippen molar-refractivity contribution >= 4 is 17.6 Å². The number of benzene rings is 2. The van der Waals surface area contributed by atoms with Crippen LogP contribution in [0.3, 0.4) is 0 Å². The summed E-state index contributed by atoms with van der Waals surface area (Å²) in [6, 6.07) is 12.7. The van der Waals surface area contributed by atoms with Crippen LogP contribution in [0.5, 0.6) is 11.5 Å². The summed E-state index contributed by atoms with van der Waals surface area (Å²) in [6.07, 6.45) is 0.138. The number of ether oxygens (including phenoxy) is 3. The molecule has 6 heteroatoms. The average Bonchev–Trinajstić information content (AvgIpc) is 3.00. The Morgan fingerprint density at radius 2 is 1.96 bits per heavy atom. The highest BCUT2D eigenvalue weighted by molar-refractivity contribution is 5.93. The molecule has 2 aromatic carbocycles. The number of carbonyl (C=O) groups excluding carboxylic acids is 2. The number of amides is 1. The number of aryl methyl sites for hydroxylation is 1. The summed E-state index contributed by atoms with van der Waals surface area (Å²) in [5, 5.41) is 2.65. The van der Waals surface area contributed by atoms with Crippen LogP contribution in [0.25, 0.3) is 0 Å². The Morgan fingerprint density at radius 3 is 2.79 bits per heavy atom. The van der Waals surface area contributed by atoms with E-state index in [4.69, 9.17) is 14.2 Å². The van der Waals surface area contributed by atoms with Crippen molar-refractivity contribution in [1.82, 2.24) is 0 Å². The first-order chi connectivity index (χ1) is 11.6. The first kappa shape index (κ1) is 15.9. The first-order valence-corrected chi connectivity index (χ1v) is 7.51. The van der Waals surface area contributed by atoms with Gasteiger partial charge in [-0.15, -0.1) is 0 Å². The number of carbonyl (C=O) groups is 2. The quantitative estimate of drug-likeness (QED) is 0.854. The summed E-state index contributed by atoms with van der Waals surface area (Å²) < 4.78 is 15.4. The molecule has 124 valence electrons. The van der Waals surface area contributed by atoms with Crippen LogP contribution in [0, 0.1) is 6.92 Å². The van der Waals surface area contributed by atoms with Crippen molar-refractivity contribution in [2.24, 2.45) is 0 Å². The van der Waals surface area contributed by atoms with Crippen LogP contribution in [-0.4, -0.2) is 25.3 Å². The zero-order valence-electron chi connectivity index (χ0n) is 13.2. The van der Waals surface area contributed by atoms with E-state index in [0.717, 1.165) is 11.1 Å². The molecule has 24 heavy (non-hydrogen) atoms. The Balaban J connectivity index is 1.47. The standard InChI is InChI=1S/C18H17NO5/c1-12-3-2-4-13(7-12)8-18(21)22-10-17(20)19-14-5-6-15-16(9-14)24-11-23-15/h2-7,9H,8,10-11H2,1H3,(H,19,20). The third-order valence-corrected chi connectivity index (χ3v) is 3.45. The van der Waals surface area contributed by atoms with Gasteiger partial charge >= 0.3 is 5.97 Å². The van der Waals surface area contributed by atoms with Crippen LogP contribution >= 0.6 is 0 Å². The van der Waals surface area contributed by atoms with Crippen molar-refractivity contribution in [2.45, 2.75) is 13.3 Å². The highest BCUT2D eigenvalue weighted by Gasteiger charge is 2.15. The van der Waals surface area contributed by atoms with E-state index in [-0.39, 0.29) is 19.8 Å². The number of rotatable bonds is 5. The van der Waals surface area contributed by atoms with E-state index >= 15 is 0 Å². The van der Waals surface area contributed by atoms with Gasteiger partial charge in [0, 0.05) is 11.8 Å². The monoisotopic (exact) mass is 327 g/mol. The van der Waals surface area contributed by atoms with Crippen LogP contribution in [-0.2, 0) is 20.7 Å². The summed E-state index contributed by atoms with van der Waals surface area (Å²) in [5.41, 5.74) is 2.48. The van der Waals surface area contributed by atoms with Crippen molar-refractivity contribution in [3.63, 3.8) is 0 Å². The van der Waals surface area contributed by atoms with Crippen molar-refractivity contribution in [2.75, 3.05) is 18.7 Å². The number of fused-ring (bicyclic) bond motifs is 1. The zero-order chi connectivity index (χ0) is 16.9. The number of nitrogens with one attached hydrogen (secondary N) is 1. The molecule has 1 amide bonds. The third-order valence-electron chi connectivity index (χ3n) is 3.45. The van der Waals surface area contributed by atoms with Gasteiger partial charge in [-0.05, 0) is 24.6 Å². The van der Waals surface area contributed by atoms with Crippen molar-refractivity contribution in [3.8, 4) is 11.5 Å². The molecule has 1 aliphatic heterocycles. The van der Waals surface area contributed by atoms with Gasteiger partial charge in [0.15, 0.2) is 18.1 Å². The maximum atomic E-state index is 11.9. The maximum Gasteiger partial charge on any atom is 0.310 e. The molecule has 0 saturated carbocycles. The lowest BCUT2D eigenvalue weighted by atomic mass is 10.1. The summed E-state index contributed by atoms with van der Waals surface area (Å²) >= 11 is 0. The second kappa shape index (κ2) is 7.04. The molecule has 1 heterocycles. The first-order valence-electron chi connectivity index (χ1n) is 7.51. The Bertz CT molecular complexity index is 772. The van der Waals surface area contributed by atoms with Gasteiger partial charge in [-0.2, -0.15) is 0 Å². The number of hydrogen-bond acceptors (Lipinski definition) is 5. The van der Waals surface area contributed by atoms with E-state index in [0.29, 0.717) is 17.2 Å². The Labute approximate surface area is 139 Å². The molecule has 0 unspecified atom stereocenters. The lowest BCUT2D eigenvalue weighted by Crippen LogP contribution is -2.21. The average molecular weight is 327 g/mol. The number of anilines is 1. The third kappa shape index (κ3) is 4.04. The predicted molar refractivity (Wildman–Crippen MR) is 87.0 cm³/mol. The van der Waals surface area contributed by atoms with Gasteiger partial charge in [0.1, 0.15) is 0 Å². The van der Waals surface area contributed by atoms with E-state index in [1.54, 1.807) is 18.2 Å². The second-order valence-corrected chi connectivity index (χ2v) is 5.44. The minimum atomic E-state index is -0.443. The summed E-state index contributed by atoms with van der Waals surface area (Å²) in [4.78, 5) is 23.7. The molecule has 1 aliphatic rings. The molecule has 3 rings (SSSR count). The smallest absolute Gasteiger partial charge is 0.310 e. The summed E-state index contributed by atoms with van der Waals surface area (Å²) in [6.45, 7) is 1.79. The molecule has 0 aliphatic carbocycles. The van der Waals surface area contributed by atoms with E-state index in [2.05, 4.69) is 5.32 Å². The Kier molecular flexibility index (Phi) is 4.65. The summed E-state index contributed by atoms with van der Waals surface area (Å²) in [5.74, 6) is 0.356. The van der Waals surface area contributed by atoms with E-state index in [9.17, 15) is 9.59 Å². The van der Waals surface area contributed by atoms with Gasteiger partial charge in [0.2, 0.25) is 6.79 Å². The van der Waals surface area contributed by atoms with Crippen LogP contribution in [0.1, 0.15) is 11.1 Å². The molecular formula is C18H17NO5. The van der Waals surface area contributed by atoms with Gasteiger partial charge < -0.3 is 19.5 Å². The number of esters is 1. The van der Waals surface area contributed by atoms with Crippen molar-refractivity contribution < 1.29 is 23.8 Å². The highest BCUT2D eigenvalue weighted by Crippen LogP contribution is 2.34.